The molecule has 0 aliphatic rings. The smallest absolute Gasteiger partial charge is 0.323 e. The Morgan fingerprint density at radius 1 is 1.18 bits per heavy atom. The van der Waals surface area contributed by atoms with E-state index >= 15 is 0 Å². The van der Waals surface area contributed by atoms with Crippen LogP contribution in [0.15, 0.2) is 24.5 Å². The quantitative estimate of drug-likeness (QED) is 0.622. The molecule has 0 saturated heterocycles. The molecule has 116 valence electrons. The van der Waals surface area contributed by atoms with Gasteiger partial charge in [-0.3, -0.25) is 4.79 Å². The monoisotopic (exact) mass is 341 g/mol. The third kappa shape index (κ3) is 4.80. The molecule has 22 heavy (non-hydrogen) atoms. The highest BCUT2D eigenvalue weighted by molar-refractivity contribution is 6.32. The maximum absolute atomic E-state index is 11.9. The van der Waals surface area contributed by atoms with Gasteiger partial charge in [0.05, 0.1) is 0 Å². The van der Waals surface area contributed by atoms with Crippen molar-refractivity contribution < 1.29 is 9.53 Å². The lowest BCUT2D eigenvalue weighted by atomic mass is 10.1. The molecule has 4 N–H and O–H groups in total. The zero-order valence-corrected chi connectivity index (χ0v) is 12.9. The number of nitrogen functional groups attached to an aromatic ring is 1. The fourth-order valence-electron chi connectivity index (χ4n) is 1.67. The Hall–Kier alpha value is -1.96. The van der Waals surface area contributed by atoms with Crippen LogP contribution < -0.4 is 11.5 Å². The molecule has 2 heterocycles. The molecule has 0 bridgehead atoms. The van der Waals surface area contributed by atoms with E-state index in [4.69, 9.17) is 39.4 Å². The van der Waals surface area contributed by atoms with Crippen molar-refractivity contribution in [1.82, 2.24) is 15.0 Å². The fraction of sp³-hybridized carbons (Fsp3) is 0.231. The van der Waals surface area contributed by atoms with Crippen molar-refractivity contribution in [3.8, 4) is 0 Å². The molecule has 2 aromatic rings. The standard InChI is InChI=1S/C13H13Cl2N5O2/c14-10-2-7(3-11(15)20-10)6-22-12(21)9(16)1-8-4-18-13(17)19-5-8/h2-5,9H,1,6,16H2,(H2,17,18,19)/t9-/m0/s1. The van der Waals surface area contributed by atoms with Crippen LogP contribution in [0.3, 0.4) is 0 Å². The maximum atomic E-state index is 11.9. The molecular weight excluding hydrogens is 329 g/mol. The number of nitrogens with zero attached hydrogens (tertiary/aromatic N) is 3. The summed E-state index contributed by atoms with van der Waals surface area (Å²) in [6, 6.07) is 2.28. The summed E-state index contributed by atoms with van der Waals surface area (Å²) in [6.45, 7) is 0.00668. The minimum absolute atomic E-state index is 0.00668. The summed E-state index contributed by atoms with van der Waals surface area (Å²) in [7, 11) is 0. The van der Waals surface area contributed by atoms with Gasteiger partial charge in [0.15, 0.2) is 0 Å². The number of pyridine rings is 1. The van der Waals surface area contributed by atoms with Crippen LogP contribution in [0.4, 0.5) is 5.95 Å². The van der Waals surface area contributed by atoms with Crippen molar-refractivity contribution in [3.05, 3.63) is 46.0 Å². The lowest BCUT2D eigenvalue weighted by Crippen LogP contribution is -2.34. The average molecular weight is 342 g/mol. The summed E-state index contributed by atoms with van der Waals surface area (Å²) in [4.78, 5) is 23.3. The molecule has 0 aliphatic carbocycles. The van der Waals surface area contributed by atoms with Gasteiger partial charge in [-0.2, -0.15) is 0 Å². The van der Waals surface area contributed by atoms with Crippen molar-refractivity contribution in [1.29, 1.82) is 0 Å². The van der Waals surface area contributed by atoms with E-state index in [0.29, 0.717) is 11.1 Å². The van der Waals surface area contributed by atoms with E-state index in [9.17, 15) is 4.79 Å². The number of hydrogen-bond donors (Lipinski definition) is 2. The highest BCUT2D eigenvalue weighted by Gasteiger charge is 2.16. The van der Waals surface area contributed by atoms with Crippen LogP contribution in [-0.2, 0) is 22.6 Å². The summed E-state index contributed by atoms with van der Waals surface area (Å²) >= 11 is 11.5. The van der Waals surface area contributed by atoms with Crippen LogP contribution in [0.5, 0.6) is 0 Å². The van der Waals surface area contributed by atoms with Crippen molar-refractivity contribution in [2.45, 2.75) is 19.1 Å². The van der Waals surface area contributed by atoms with E-state index in [1.54, 1.807) is 12.1 Å². The average Bonchev–Trinajstić information content (AvgIpc) is 2.46. The zero-order valence-electron chi connectivity index (χ0n) is 11.4. The van der Waals surface area contributed by atoms with Crippen molar-refractivity contribution in [2.24, 2.45) is 5.73 Å². The molecule has 0 fully saturated rings. The Balaban J connectivity index is 1.89. The molecule has 0 radical (unpaired) electrons. The lowest BCUT2D eigenvalue weighted by Gasteiger charge is -2.11. The van der Waals surface area contributed by atoms with Crippen LogP contribution in [0.25, 0.3) is 0 Å². The number of nitrogens with two attached hydrogens (primary N) is 2. The molecule has 0 amide bonds. The number of ether oxygens (including phenoxy) is 1. The minimum Gasteiger partial charge on any atom is -0.460 e. The Kier molecular flexibility index (Phi) is 5.48. The van der Waals surface area contributed by atoms with E-state index in [-0.39, 0.29) is 29.3 Å². The Bertz CT molecular complexity index is 646. The molecule has 0 saturated carbocycles. The SMILES string of the molecule is Nc1ncc(C[C@H](N)C(=O)OCc2cc(Cl)nc(Cl)c2)cn1. The molecule has 0 aromatic carbocycles. The van der Waals surface area contributed by atoms with Crippen molar-refractivity contribution in [2.75, 3.05) is 5.73 Å². The molecule has 2 rings (SSSR count). The first kappa shape index (κ1) is 16.4. The zero-order chi connectivity index (χ0) is 16.1. The van der Waals surface area contributed by atoms with E-state index in [1.807, 2.05) is 0 Å². The summed E-state index contributed by atoms with van der Waals surface area (Å²) in [6.07, 6.45) is 3.27. The second-order valence-corrected chi connectivity index (χ2v) is 5.26. The van der Waals surface area contributed by atoms with Crippen LogP contribution in [0.2, 0.25) is 10.3 Å². The van der Waals surface area contributed by atoms with Crippen LogP contribution >= 0.6 is 23.2 Å². The van der Waals surface area contributed by atoms with Crippen LogP contribution in [0.1, 0.15) is 11.1 Å². The Morgan fingerprint density at radius 3 is 2.36 bits per heavy atom. The molecule has 0 aliphatic heterocycles. The number of carbonyl (C=O) groups is 1. The largest absolute Gasteiger partial charge is 0.460 e. The van der Waals surface area contributed by atoms with Crippen LogP contribution in [-0.4, -0.2) is 27.0 Å². The fourth-order valence-corrected chi connectivity index (χ4v) is 2.17. The maximum Gasteiger partial charge on any atom is 0.323 e. The number of aromatic nitrogens is 3. The van der Waals surface area contributed by atoms with Crippen molar-refractivity contribution in [3.63, 3.8) is 0 Å². The van der Waals surface area contributed by atoms with E-state index < -0.39 is 12.0 Å². The number of carbonyl (C=O) groups excluding carboxylic acids is 1. The van der Waals surface area contributed by atoms with Gasteiger partial charge >= 0.3 is 5.97 Å². The van der Waals surface area contributed by atoms with Gasteiger partial charge in [0.25, 0.3) is 0 Å². The van der Waals surface area contributed by atoms with Gasteiger partial charge in [-0.25, -0.2) is 15.0 Å². The van der Waals surface area contributed by atoms with Gasteiger partial charge in [-0.15, -0.1) is 0 Å². The summed E-state index contributed by atoms with van der Waals surface area (Å²) < 4.78 is 5.12. The predicted octanol–water partition coefficient (Wildman–Crippen LogP) is 1.37. The minimum atomic E-state index is -0.833. The van der Waals surface area contributed by atoms with E-state index in [1.165, 1.54) is 12.4 Å². The van der Waals surface area contributed by atoms with E-state index in [0.717, 1.165) is 0 Å². The number of anilines is 1. The number of hydrogen-bond acceptors (Lipinski definition) is 7. The first-order chi connectivity index (χ1) is 10.4. The van der Waals surface area contributed by atoms with Crippen LogP contribution in [0, 0.1) is 0 Å². The van der Waals surface area contributed by atoms with E-state index in [2.05, 4.69) is 15.0 Å². The normalized spacial score (nSPS) is 12.0. The van der Waals surface area contributed by atoms with Crippen molar-refractivity contribution >= 4 is 35.1 Å². The lowest BCUT2D eigenvalue weighted by molar-refractivity contribution is -0.146. The van der Waals surface area contributed by atoms with Gasteiger partial charge in [0.2, 0.25) is 5.95 Å². The first-order valence-corrected chi connectivity index (χ1v) is 7.00. The second kappa shape index (κ2) is 7.35. The highest BCUT2D eigenvalue weighted by atomic mass is 35.5. The summed E-state index contributed by atoms with van der Waals surface area (Å²) in [5, 5.41) is 0.448. The predicted molar refractivity (Wildman–Crippen MR) is 82.2 cm³/mol. The Morgan fingerprint density at radius 2 is 1.77 bits per heavy atom. The number of halogens is 2. The number of rotatable bonds is 5. The second-order valence-electron chi connectivity index (χ2n) is 4.49. The topological polar surface area (TPSA) is 117 Å². The summed E-state index contributed by atoms with van der Waals surface area (Å²) in [5.74, 6) is -0.396. The molecule has 7 nitrogen and oxygen atoms in total. The molecule has 9 heteroatoms. The third-order valence-corrected chi connectivity index (χ3v) is 3.07. The molecule has 0 spiro atoms. The van der Waals surface area contributed by atoms with Gasteiger partial charge in [0.1, 0.15) is 23.0 Å². The Labute approximate surface area is 136 Å². The van der Waals surface area contributed by atoms with Gasteiger partial charge < -0.3 is 16.2 Å². The molecule has 0 unspecified atom stereocenters. The first-order valence-electron chi connectivity index (χ1n) is 6.24. The molecule has 1 atom stereocenters. The van der Waals surface area contributed by atoms with Gasteiger partial charge in [0, 0.05) is 18.8 Å². The molecule has 2 aromatic heterocycles. The third-order valence-electron chi connectivity index (χ3n) is 2.69. The highest BCUT2D eigenvalue weighted by Crippen LogP contribution is 2.15. The summed E-state index contributed by atoms with van der Waals surface area (Å²) in [5.41, 5.74) is 12.5. The molecular formula is C13H13Cl2N5O2. The van der Waals surface area contributed by atoms with Gasteiger partial charge in [-0.1, -0.05) is 23.2 Å². The number of esters is 1. The van der Waals surface area contributed by atoms with Gasteiger partial charge in [-0.05, 0) is 23.3 Å².